The van der Waals surface area contributed by atoms with E-state index >= 15 is 0 Å². The molecule has 1 N–H and O–H groups in total. The van der Waals surface area contributed by atoms with Gasteiger partial charge in [0.05, 0.1) is 19.9 Å². The molecule has 0 saturated heterocycles. The highest BCUT2D eigenvalue weighted by Crippen LogP contribution is 2.27. The Bertz CT molecular complexity index is 1170. The zero-order chi connectivity index (χ0) is 21.6. The lowest BCUT2D eigenvalue weighted by Gasteiger charge is -2.12. The zero-order valence-electron chi connectivity index (χ0n) is 17.5. The summed E-state index contributed by atoms with van der Waals surface area (Å²) in [4.78, 5) is 21.2. The monoisotopic (exact) mass is 416 g/mol. The van der Waals surface area contributed by atoms with Gasteiger partial charge in [-0.25, -0.2) is 4.98 Å². The molecule has 31 heavy (non-hydrogen) atoms. The van der Waals surface area contributed by atoms with Crippen LogP contribution in [-0.4, -0.2) is 34.7 Å². The lowest BCUT2D eigenvalue weighted by atomic mass is 10.2. The molecule has 0 radical (unpaired) electrons. The number of hydrogen-bond acceptors (Lipinski definition) is 5. The van der Waals surface area contributed by atoms with Crippen LogP contribution in [0.3, 0.4) is 0 Å². The second-order valence-electron chi connectivity index (χ2n) is 7.08. The van der Waals surface area contributed by atoms with Crippen molar-refractivity contribution >= 4 is 16.9 Å². The lowest BCUT2D eigenvalue weighted by Crippen LogP contribution is -2.24. The van der Waals surface area contributed by atoms with Crippen molar-refractivity contribution in [2.75, 3.05) is 14.2 Å². The number of fused-ring (bicyclic) bond motifs is 1. The van der Waals surface area contributed by atoms with E-state index in [4.69, 9.17) is 9.47 Å². The molecule has 7 heteroatoms. The molecule has 0 aliphatic carbocycles. The van der Waals surface area contributed by atoms with Crippen LogP contribution in [0, 0.1) is 0 Å². The van der Waals surface area contributed by atoms with Crippen LogP contribution in [0.1, 0.15) is 12.0 Å². The number of pyridine rings is 2. The molecule has 1 amide bonds. The Morgan fingerprint density at radius 3 is 2.45 bits per heavy atom. The lowest BCUT2D eigenvalue weighted by molar-refractivity contribution is -0.121. The van der Waals surface area contributed by atoms with Gasteiger partial charge in [-0.15, -0.1) is 0 Å². The van der Waals surface area contributed by atoms with Crippen LogP contribution in [0.15, 0.2) is 67.1 Å². The molecule has 0 aliphatic rings. The van der Waals surface area contributed by atoms with Crippen LogP contribution in [0.25, 0.3) is 22.3 Å². The van der Waals surface area contributed by atoms with E-state index in [2.05, 4.69) is 25.9 Å². The van der Waals surface area contributed by atoms with Crippen LogP contribution in [0.4, 0.5) is 0 Å². The summed E-state index contributed by atoms with van der Waals surface area (Å²) in [6.45, 7) is 0.916. The topological polar surface area (TPSA) is 78.3 Å². The zero-order valence-corrected chi connectivity index (χ0v) is 17.5. The van der Waals surface area contributed by atoms with Crippen molar-refractivity contribution < 1.29 is 14.3 Å². The first-order valence-corrected chi connectivity index (χ1v) is 10.0. The molecule has 158 valence electrons. The van der Waals surface area contributed by atoms with Gasteiger partial charge in [-0.05, 0) is 48.0 Å². The highest BCUT2D eigenvalue weighted by molar-refractivity contribution is 5.84. The second kappa shape index (κ2) is 9.30. The normalized spacial score (nSPS) is 10.8. The first kappa shape index (κ1) is 20.4. The van der Waals surface area contributed by atoms with E-state index in [0.29, 0.717) is 31.0 Å². The number of nitrogens with one attached hydrogen (secondary N) is 1. The van der Waals surface area contributed by atoms with Gasteiger partial charge in [-0.3, -0.25) is 9.78 Å². The van der Waals surface area contributed by atoms with Gasteiger partial charge >= 0.3 is 0 Å². The van der Waals surface area contributed by atoms with Crippen LogP contribution >= 0.6 is 0 Å². The minimum atomic E-state index is -0.0414. The highest BCUT2D eigenvalue weighted by Gasteiger charge is 2.13. The Hall–Kier alpha value is -3.87. The van der Waals surface area contributed by atoms with Gasteiger partial charge in [0, 0.05) is 55.1 Å². The molecule has 0 fully saturated rings. The smallest absolute Gasteiger partial charge is 0.222 e. The molecular formula is C24H24N4O3. The molecule has 1 aromatic carbocycles. The van der Waals surface area contributed by atoms with E-state index in [-0.39, 0.29) is 5.91 Å². The predicted molar refractivity (Wildman–Crippen MR) is 119 cm³/mol. The average molecular weight is 416 g/mol. The standard InChI is InChI=1S/C24H24N4O3/c1-30-20-12-17(13-21(15-20)31-2)16-27-23(29)7-11-28-22(18-5-9-25-10-6-18)14-19-4-3-8-26-24(19)28/h3-6,8-10,12-15H,7,11,16H2,1-2H3,(H,27,29). The quantitative estimate of drug-likeness (QED) is 0.472. The van der Waals surface area contributed by atoms with E-state index in [1.807, 2.05) is 36.4 Å². The predicted octanol–water partition coefficient (Wildman–Crippen LogP) is 3.82. The van der Waals surface area contributed by atoms with Gasteiger partial charge in [0.2, 0.25) is 5.91 Å². The molecule has 0 unspecified atom stereocenters. The Kier molecular flexibility index (Phi) is 6.12. The van der Waals surface area contributed by atoms with Gasteiger partial charge < -0.3 is 19.4 Å². The van der Waals surface area contributed by atoms with Gasteiger partial charge in [-0.1, -0.05) is 0 Å². The Labute approximate surface area is 180 Å². The summed E-state index contributed by atoms with van der Waals surface area (Å²) >= 11 is 0. The number of amides is 1. The number of nitrogens with zero attached hydrogens (tertiary/aromatic N) is 3. The van der Waals surface area contributed by atoms with E-state index in [1.54, 1.807) is 38.9 Å². The Morgan fingerprint density at radius 1 is 1.00 bits per heavy atom. The number of ether oxygens (including phenoxy) is 2. The van der Waals surface area contributed by atoms with Crippen LogP contribution in [0.5, 0.6) is 11.5 Å². The maximum atomic E-state index is 12.6. The molecule has 0 atom stereocenters. The minimum absolute atomic E-state index is 0.0414. The van der Waals surface area contributed by atoms with E-state index in [0.717, 1.165) is 27.9 Å². The SMILES string of the molecule is COc1cc(CNC(=O)CCn2c(-c3ccncc3)cc3cccnc32)cc(OC)c1. The summed E-state index contributed by atoms with van der Waals surface area (Å²) in [6, 6.07) is 15.5. The third kappa shape index (κ3) is 4.66. The largest absolute Gasteiger partial charge is 0.497 e. The van der Waals surface area contributed by atoms with Crippen molar-refractivity contribution in [3.63, 3.8) is 0 Å². The van der Waals surface area contributed by atoms with Crippen molar-refractivity contribution in [2.24, 2.45) is 0 Å². The molecule has 7 nitrogen and oxygen atoms in total. The fourth-order valence-corrected chi connectivity index (χ4v) is 3.55. The summed E-state index contributed by atoms with van der Waals surface area (Å²) in [5.74, 6) is 1.34. The van der Waals surface area contributed by atoms with E-state index < -0.39 is 0 Å². The fraction of sp³-hybridized carbons (Fsp3) is 0.208. The molecule has 0 aliphatic heterocycles. The van der Waals surface area contributed by atoms with Gasteiger partial charge in [0.25, 0.3) is 0 Å². The molecule has 0 bridgehead atoms. The molecule has 4 rings (SSSR count). The first-order chi connectivity index (χ1) is 15.2. The third-order valence-electron chi connectivity index (χ3n) is 5.10. The maximum Gasteiger partial charge on any atom is 0.222 e. The summed E-state index contributed by atoms with van der Waals surface area (Å²) in [6.07, 6.45) is 5.63. The van der Waals surface area contributed by atoms with Crippen molar-refractivity contribution in [2.45, 2.75) is 19.5 Å². The van der Waals surface area contributed by atoms with E-state index in [1.165, 1.54) is 0 Å². The van der Waals surface area contributed by atoms with Crippen LogP contribution in [0.2, 0.25) is 0 Å². The summed E-state index contributed by atoms with van der Waals surface area (Å²) in [5, 5.41) is 4.02. The minimum Gasteiger partial charge on any atom is -0.497 e. The molecular weight excluding hydrogens is 392 g/mol. The second-order valence-corrected chi connectivity index (χ2v) is 7.08. The van der Waals surface area contributed by atoms with Gasteiger partial charge in [-0.2, -0.15) is 0 Å². The number of carbonyl (C=O) groups is 1. The molecule has 3 aromatic heterocycles. The number of carbonyl (C=O) groups excluding carboxylic acids is 1. The molecule has 3 heterocycles. The number of benzene rings is 1. The maximum absolute atomic E-state index is 12.6. The number of aromatic nitrogens is 3. The van der Waals surface area contributed by atoms with Crippen LogP contribution < -0.4 is 14.8 Å². The number of aryl methyl sites for hydroxylation is 1. The average Bonchev–Trinajstić information content (AvgIpc) is 3.20. The van der Waals surface area contributed by atoms with Crippen molar-refractivity contribution in [1.29, 1.82) is 0 Å². The van der Waals surface area contributed by atoms with Gasteiger partial charge in [0.15, 0.2) is 0 Å². The molecule has 0 saturated carbocycles. The molecule has 0 spiro atoms. The molecule has 4 aromatic rings. The summed E-state index contributed by atoms with van der Waals surface area (Å²) in [7, 11) is 3.21. The first-order valence-electron chi connectivity index (χ1n) is 10.0. The number of hydrogen-bond donors (Lipinski definition) is 1. The summed E-state index contributed by atoms with van der Waals surface area (Å²) in [5.41, 5.74) is 3.83. The fourth-order valence-electron chi connectivity index (χ4n) is 3.55. The Morgan fingerprint density at radius 2 is 1.74 bits per heavy atom. The van der Waals surface area contributed by atoms with Crippen molar-refractivity contribution in [3.8, 4) is 22.8 Å². The summed E-state index contributed by atoms with van der Waals surface area (Å²) < 4.78 is 12.7. The van der Waals surface area contributed by atoms with Crippen LogP contribution in [-0.2, 0) is 17.9 Å². The number of rotatable bonds is 8. The Balaban J connectivity index is 1.48. The third-order valence-corrected chi connectivity index (χ3v) is 5.10. The number of methoxy groups -OCH3 is 2. The van der Waals surface area contributed by atoms with Crippen molar-refractivity contribution in [1.82, 2.24) is 19.9 Å². The van der Waals surface area contributed by atoms with Crippen molar-refractivity contribution in [3.05, 3.63) is 72.7 Å². The highest BCUT2D eigenvalue weighted by atomic mass is 16.5. The van der Waals surface area contributed by atoms with Gasteiger partial charge in [0.1, 0.15) is 17.1 Å². The van der Waals surface area contributed by atoms with E-state index in [9.17, 15) is 4.79 Å².